The number of unbranched alkanes of at least 4 members (excludes halogenated alkanes) is 8. The quantitative estimate of drug-likeness (QED) is 0.394. The van der Waals surface area contributed by atoms with Gasteiger partial charge in [0.25, 0.3) is 0 Å². The molecule has 3 nitrogen and oxygen atoms in total. The molecule has 0 aliphatic carbocycles. The minimum absolute atomic E-state index is 0.0992. The number of carbonyl (C=O) groups is 1. The summed E-state index contributed by atoms with van der Waals surface area (Å²) in [6.07, 6.45) is 15.8. The van der Waals surface area contributed by atoms with E-state index in [0.717, 1.165) is 6.54 Å². The SMILES string of the molecule is CCCCCCCCC(CCCCCC)CNCC(=O)O. The Labute approximate surface area is 131 Å². The molecule has 0 fully saturated rings. The van der Waals surface area contributed by atoms with E-state index in [9.17, 15) is 4.79 Å². The van der Waals surface area contributed by atoms with E-state index in [1.807, 2.05) is 0 Å². The summed E-state index contributed by atoms with van der Waals surface area (Å²) in [6.45, 7) is 5.46. The van der Waals surface area contributed by atoms with Crippen LogP contribution in [0.25, 0.3) is 0 Å². The molecule has 0 aromatic carbocycles. The van der Waals surface area contributed by atoms with Crippen molar-refractivity contribution in [2.45, 2.75) is 90.9 Å². The molecule has 0 aromatic rings. The molecular weight excluding hydrogens is 262 g/mol. The van der Waals surface area contributed by atoms with Gasteiger partial charge in [-0.05, 0) is 25.3 Å². The van der Waals surface area contributed by atoms with E-state index in [2.05, 4.69) is 19.2 Å². The highest BCUT2D eigenvalue weighted by Gasteiger charge is 2.09. The standard InChI is InChI=1S/C18H37NO2/c1-3-5-7-9-10-12-14-17(13-11-8-6-4-2)15-19-16-18(20)21/h17,19H,3-16H2,1-2H3,(H,20,21). The second-order valence-electron chi connectivity index (χ2n) is 6.30. The second kappa shape index (κ2) is 15.8. The predicted octanol–water partition coefficient (Wildman–Crippen LogP) is 5.00. The number of aliphatic carboxylic acids is 1. The Bertz CT molecular complexity index is 231. The Balaban J connectivity index is 3.74. The number of carboxylic acid groups (broad SMARTS) is 1. The number of rotatable bonds is 16. The molecule has 1 unspecified atom stereocenters. The van der Waals surface area contributed by atoms with Crippen LogP contribution in [0.15, 0.2) is 0 Å². The van der Waals surface area contributed by atoms with E-state index in [-0.39, 0.29) is 6.54 Å². The largest absolute Gasteiger partial charge is 0.480 e. The average Bonchev–Trinajstić information content (AvgIpc) is 2.46. The summed E-state index contributed by atoms with van der Waals surface area (Å²) in [5.41, 5.74) is 0. The first kappa shape index (κ1) is 20.4. The summed E-state index contributed by atoms with van der Waals surface area (Å²) in [7, 11) is 0. The Morgan fingerprint density at radius 3 is 1.86 bits per heavy atom. The lowest BCUT2D eigenvalue weighted by Gasteiger charge is -2.17. The van der Waals surface area contributed by atoms with Crippen molar-refractivity contribution in [3.8, 4) is 0 Å². The molecule has 126 valence electrons. The van der Waals surface area contributed by atoms with Gasteiger partial charge in [0.05, 0.1) is 6.54 Å². The van der Waals surface area contributed by atoms with Crippen molar-refractivity contribution in [2.75, 3.05) is 13.1 Å². The van der Waals surface area contributed by atoms with Crippen molar-refractivity contribution in [3.63, 3.8) is 0 Å². The fourth-order valence-corrected chi connectivity index (χ4v) is 2.80. The van der Waals surface area contributed by atoms with Crippen LogP contribution in [0.4, 0.5) is 0 Å². The second-order valence-corrected chi connectivity index (χ2v) is 6.30. The van der Waals surface area contributed by atoms with Gasteiger partial charge in [-0.3, -0.25) is 4.79 Å². The number of hydrogen-bond acceptors (Lipinski definition) is 2. The number of hydrogen-bond donors (Lipinski definition) is 2. The lowest BCUT2D eigenvalue weighted by atomic mass is 9.94. The Morgan fingerprint density at radius 1 is 0.857 bits per heavy atom. The molecule has 0 saturated carbocycles. The van der Waals surface area contributed by atoms with Crippen LogP contribution in [0.1, 0.15) is 90.9 Å². The first-order valence-electron chi connectivity index (χ1n) is 9.13. The van der Waals surface area contributed by atoms with Crippen LogP contribution in [-0.4, -0.2) is 24.2 Å². The van der Waals surface area contributed by atoms with Gasteiger partial charge in [-0.2, -0.15) is 0 Å². The zero-order valence-corrected chi connectivity index (χ0v) is 14.3. The maximum absolute atomic E-state index is 10.6. The third-order valence-electron chi connectivity index (χ3n) is 4.14. The van der Waals surface area contributed by atoms with Crippen LogP contribution in [-0.2, 0) is 4.79 Å². The maximum atomic E-state index is 10.6. The van der Waals surface area contributed by atoms with Crippen LogP contribution in [0, 0.1) is 5.92 Å². The third kappa shape index (κ3) is 15.6. The molecule has 3 heteroatoms. The molecule has 0 aliphatic rings. The number of nitrogens with one attached hydrogen (secondary N) is 1. The van der Waals surface area contributed by atoms with Gasteiger partial charge in [0.1, 0.15) is 0 Å². The van der Waals surface area contributed by atoms with Gasteiger partial charge < -0.3 is 10.4 Å². The summed E-state index contributed by atoms with van der Waals surface area (Å²) in [4.78, 5) is 10.6. The molecule has 0 bridgehead atoms. The fourth-order valence-electron chi connectivity index (χ4n) is 2.80. The Morgan fingerprint density at radius 2 is 1.33 bits per heavy atom. The smallest absolute Gasteiger partial charge is 0.317 e. The van der Waals surface area contributed by atoms with E-state index in [4.69, 9.17) is 5.11 Å². The first-order chi connectivity index (χ1) is 10.2. The summed E-state index contributed by atoms with van der Waals surface area (Å²) < 4.78 is 0. The first-order valence-corrected chi connectivity index (χ1v) is 9.13. The van der Waals surface area contributed by atoms with Gasteiger partial charge in [0.2, 0.25) is 0 Å². The molecule has 0 saturated heterocycles. The monoisotopic (exact) mass is 299 g/mol. The highest BCUT2D eigenvalue weighted by molar-refractivity contribution is 5.68. The van der Waals surface area contributed by atoms with Crippen molar-refractivity contribution >= 4 is 5.97 Å². The van der Waals surface area contributed by atoms with E-state index in [1.54, 1.807) is 0 Å². The summed E-state index contributed by atoms with van der Waals surface area (Å²) in [6, 6.07) is 0. The average molecular weight is 299 g/mol. The zero-order valence-electron chi connectivity index (χ0n) is 14.3. The Hall–Kier alpha value is -0.570. The maximum Gasteiger partial charge on any atom is 0.317 e. The lowest BCUT2D eigenvalue weighted by Crippen LogP contribution is -2.28. The molecule has 0 heterocycles. The van der Waals surface area contributed by atoms with E-state index >= 15 is 0 Å². The van der Waals surface area contributed by atoms with Crippen LogP contribution in [0.3, 0.4) is 0 Å². The fraction of sp³-hybridized carbons (Fsp3) is 0.944. The van der Waals surface area contributed by atoms with Gasteiger partial charge in [-0.1, -0.05) is 78.1 Å². The third-order valence-corrected chi connectivity index (χ3v) is 4.14. The van der Waals surface area contributed by atoms with Crippen molar-refractivity contribution in [1.82, 2.24) is 5.32 Å². The van der Waals surface area contributed by atoms with E-state index < -0.39 is 5.97 Å². The van der Waals surface area contributed by atoms with Crippen LogP contribution in [0.5, 0.6) is 0 Å². The normalized spacial score (nSPS) is 12.5. The molecular formula is C18H37NO2. The topological polar surface area (TPSA) is 49.3 Å². The van der Waals surface area contributed by atoms with Gasteiger partial charge in [-0.25, -0.2) is 0 Å². The summed E-state index contributed by atoms with van der Waals surface area (Å²) >= 11 is 0. The number of carboxylic acids is 1. The molecule has 0 radical (unpaired) electrons. The lowest BCUT2D eigenvalue weighted by molar-refractivity contribution is -0.136. The van der Waals surface area contributed by atoms with E-state index in [0.29, 0.717) is 5.92 Å². The summed E-state index contributed by atoms with van der Waals surface area (Å²) in [5.74, 6) is -0.0910. The van der Waals surface area contributed by atoms with Gasteiger partial charge in [-0.15, -0.1) is 0 Å². The van der Waals surface area contributed by atoms with Crippen molar-refractivity contribution in [3.05, 3.63) is 0 Å². The molecule has 0 amide bonds. The van der Waals surface area contributed by atoms with Crippen molar-refractivity contribution in [1.29, 1.82) is 0 Å². The minimum atomic E-state index is -0.751. The minimum Gasteiger partial charge on any atom is -0.480 e. The van der Waals surface area contributed by atoms with Crippen molar-refractivity contribution in [2.24, 2.45) is 5.92 Å². The summed E-state index contributed by atoms with van der Waals surface area (Å²) in [5, 5.41) is 11.8. The van der Waals surface area contributed by atoms with Crippen molar-refractivity contribution < 1.29 is 9.90 Å². The zero-order chi connectivity index (χ0) is 15.8. The molecule has 0 aliphatic heterocycles. The molecule has 0 spiro atoms. The van der Waals surface area contributed by atoms with Crippen LogP contribution in [0.2, 0.25) is 0 Å². The van der Waals surface area contributed by atoms with Gasteiger partial charge in [0, 0.05) is 0 Å². The molecule has 1 atom stereocenters. The molecule has 0 rings (SSSR count). The highest BCUT2D eigenvalue weighted by atomic mass is 16.4. The molecule has 2 N–H and O–H groups in total. The predicted molar refractivity (Wildman–Crippen MR) is 90.7 cm³/mol. The van der Waals surface area contributed by atoms with Crippen LogP contribution < -0.4 is 5.32 Å². The van der Waals surface area contributed by atoms with Gasteiger partial charge >= 0.3 is 5.97 Å². The van der Waals surface area contributed by atoms with E-state index in [1.165, 1.54) is 77.0 Å². The molecule has 21 heavy (non-hydrogen) atoms. The van der Waals surface area contributed by atoms with Gasteiger partial charge in [0.15, 0.2) is 0 Å². The van der Waals surface area contributed by atoms with Crippen LogP contribution >= 0.6 is 0 Å². The molecule has 0 aromatic heterocycles. The Kier molecular flexibility index (Phi) is 15.4. The highest BCUT2D eigenvalue weighted by Crippen LogP contribution is 2.18.